The maximum absolute atomic E-state index is 5.53. The molecule has 1 aliphatic rings. The molecular weight excluding hydrogens is 252 g/mol. The minimum Gasteiger partial charge on any atom is -0.469 e. The molecule has 0 fully saturated rings. The van der Waals surface area contributed by atoms with Crippen LogP contribution in [0.4, 0.5) is 5.82 Å². The van der Waals surface area contributed by atoms with Crippen LogP contribution in [0.2, 0.25) is 0 Å². The number of aromatic nitrogens is 3. The van der Waals surface area contributed by atoms with E-state index in [1.807, 2.05) is 12.1 Å². The van der Waals surface area contributed by atoms with Crippen LogP contribution in [0, 0.1) is 0 Å². The van der Waals surface area contributed by atoms with Gasteiger partial charge in [0.1, 0.15) is 11.3 Å². The van der Waals surface area contributed by atoms with Gasteiger partial charge in [0.25, 0.3) is 0 Å². The molecule has 0 aromatic carbocycles. The Morgan fingerprint density at radius 3 is 3.00 bits per heavy atom. The van der Waals surface area contributed by atoms with Crippen LogP contribution in [0.5, 0.6) is 0 Å². The van der Waals surface area contributed by atoms with Crippen LogP contribution in [0.15, 0.2) is 41.4 Å². The van der Waals surface area contributed by atoms with Crippen molar-refractivity contribution in [1.29, 1.82) is 0 Å². The summed E-state index contributed by atoms with van der Waals surface area (Å²) in [5, 5.41) is 0. The van der Waals surface area contributed by atoms with Gasteiger partial charge in [-0.25, -0.2) is 9.97 Å². The zero-order valence-electron chi connectivity index (χ0n) is 11.0. The molecule has 0 amide bonds. The summed E-state index contributed by atoms with van der Waals surface area (Å²) in [5.41, 5.74) is 2.99. The number of hydrogen-bond acceptors (Lipinski definition) is 5. The second kappa shape index (κ2) is 4.59. The smallest absolute Gasteiger partial charge is 0.157 e. The van der Waals surface area contributed by atoms with E-state index in [-0.39, 0.29) is 0 Å². The van der Waals surface area contributed by atoms with E-state index in [0.717, 1.165) is 48.5 Å². The minimum atomic E-state index is 0.814. The summed E-state index contributed by atoms with van der Waals surface area (Å²) in [6.45, 7) is 1.77. The number of pyridine rings is 1. The molecule has 0 spiro atoms. The third-order valence-electron chi connectivity index (χ3n) is 3.70. The Morgan fingerprint density at radius 1 is 1.05 bits per heavy atom. The molecule has 4 heterocycles. The molecule has 5 nitrogen and oxygen atoms in total. The summed E-state index contributed by atoms with van der Waals surface area (Å²) in [6.07, 6.45) is 9.03. The second-order valence-corrected chi connectivity index (χ2v) is 4.95. The number of fused-ring (bicyclic) bond motifs is 2. The third kappa shape index (κ3) is 1.82. The number of furan rings is 1. The average molecular weight is 266 g/mol. The van der Waals surface area contributed by atoms with Crippen molar-refractivity contribution >= 4 is 16.9 Å². The molecule has 0 unspecified atom stereocenters. The zero-order chi connectivity index (χ0) is 13.4. The summed E-state index contributed by atoms with van der Waals surface area (Å²) in [7, 11) is 0. The highest BCUT2D eigenvalue weighted by Gasteiger charge is 2.19. The molecule has 1 aliphatic heterocycles. The quantitative estimate of drug-likeness (QED) is 0.677. The Labute approximate surface area is 116 Å². The fraction of sp³-hybridized carbons (Fsp3) is 0.267. The van der Waals surface area contributed by atoms with Crippen LogP contribution in [0.25, 0.3) is 11.0 Å². The first-order valence-corrected chi connectivity index (χ1v) is 6.78. The molecule has 4 rings (SSSR count). The summed E-state index contributed by atoms with van der Waals surface area (Å²) >= 11 is 0. The van der Waals surface area contributed by atoms with Gasteiger partial charge in [0, 0.05) is 43.7 Å². The second-order valence-electron chi connectivity index (χ2n) is 4.95. The van der Waals surface area contributed by atoms with Crippen molar-refractivity contribution in [2.45, 2.75) is 19.4 Å². The number of aryl methyl sites for hydroxylation is 1. The monoisotopic (exact) mass is 266 g/mol. The predicted molar refractivity (Wildman–Crippen MR) is 75.4 cm³/mol. The van der Waals surface area contributed by atoms with Crippen LogP contribution >= 0.6 is 0 Å². The summed E-state index contributed by atoms with van der Waals surface area (Å²) < 4.78 is 5.53. The van der Waals surface area contributed by atoms with E-state index in [1.165, 1.54) is 5.56 Å². The van der Waals surface area contributed by atoms with Crippen molar-refractivity contribution in [3.63, 3.8) is 0 Å². The normalized spacial score (nSPS) is 15.1. The van der Waals surface area contributed by atoms with Crippen LogP contribution in [0.1, 0.15) is 17.7 Å². The lowest BCUT2D eigenvalue weighted by Crippen LogP contribution is -2.24. The maximum Gasteiger partial charge on any atom is 0.157 e. The maximum atomic E-state index is 5.53. The molecule has 0 N–H and O–H groups in total. The molecule has 0 bridgehead atoms. The van der Waals surface area contributed by atoms with Gasteiger partial charge in [-0.15, -0.1) is 0 Å². The van der Waals surface area contributed by atoms with Gasteiger partial charge >= 0.3 is 0 Å². The van der Waals surface area contributed by atoms with E-state index in [4.69, 9.17) is 4.42 Å². The molecule has 100 valence electrons. The minimum absolute atomic E-state index is 0.814. The van der Waals surface area contributed by atoms with Crippen molar-refractivity contribution in [3.8, 4) is 0 Å². The van der Waals surface area contributed by atoms with Gasteiger partial charge < -0.3 is 9.32 Å². The lowest BCUT2D eigenvalue weighted by molar-refractivity contribution is 0.504. The lowest BCUT2D eigenvalue weighted by atomic mass is 10.2. The zero-order valence-corrected chi connectivity index (χ0v) is 11.0. The fourth-order valence-electron chi connectivity index (χ4n) is 2.74. The van der Waals surface area contributed by atoms with Gasteiger partial charge in [-0.3, -0.25) is 4.98 Å². The summed E-state index contributed by atoms with van der Waals surface area (Å²) in [5.74, 6) is 2.00. The van der Waals surface area contributed by atoms with Crippen molar-refractivity contribution < 1.29 is 4.42 Å². The molecule has 5 heteroatoms. The Balaban J connectivity index is 1.79. The highest BCUT2D eigenvalue weighted by atomic mass is 16.3. The average Bonchev–Trinajstić information content (AvgIpc) is 2.84. The van der Waals surface area contributed by atoms with Crippen LogP contribution < -0.4 is 4.90 Å². The van der Waals surface area contributed by atoms with Crippen molar-refractivity contribution in [1.82, 2.24) is 15.0 Å². The highest BCUT2D eigenvalue weighted by molar-refractivity contribution is 5.85. The Hall–Kier alpha value is -2.43. The first kappa shape index (κ1) is 11.4. The van der Waals surface area contributed by atoms with E-state index < -0.39 is 0 Å². The van der Waals surface area contributed by atoms with Gasteiger partial charge in [-0.2, -0.15) is 0 Å². The van der Waals surface area contributed by atoms with Gasteiger partial charge in [-0.1, -0.05) is 0 Å². The summed E-state index contributed by atoms with van der Waals surface area (Å²) in [4.78, 5) is 15.6. The van der Waals surface area contributed by atoms with Crippen LogP contribution in [-0.4, -0.2) is 21.5 Å². The van der Waals surface area contributed by atoms with E-state index in [1.54, 1.807) is 24.9 Å². The van der Waals surface area contributed by atoms with Crippen molar-refractivity contribution in [2.75, 3.05) is 11.4 Å². The van der Waals surface area contributed by atoms with Gasteiger partial charge in [-0.05, 0) is 18.6 Å². The molecule has 3 aromatic rings. The van der Waals surface area contributed by atoms with E-state index in [2.05, 4.69) is 19.9 Å². The Bertz CT molecular complexity index is 747. The standard InChI is InChI=1S/C15H14N4O/c1-2-13-11(4-9-20-13)10-19(8-1)15-14-12(3-5-18-15)16-6-7-17-14/h3-7,9H,1-2,8,10H2. The number of anilines is 1. The molecule has 0 saturated heterocycles. The number of rotatable bonds is 1. The molecular formula is C15H14N4O. The predicted octanol–water partition coefficient (Wildman–Crippen LogP) is 2.57. The molecule has 0 radical (unpaired) electrons. The molecule has 0 aliphatic carbocycles. The number of nitrogens with zero attached hydrogens (tertiary/aromatic N) is 4. The first-order valence-electron chi connectivity index (χ1n) is 6.78. The van der Waals surface area contributed by atoms with Gasteiger partial charge in [0.15, 0.2) is 5.82 Å². The van der Waals surface area contributed by atoms with E-state index in [9.17, 15) is 0 Å². The highest BCUT2D eigenvalue weighted by Crippen LogP contribution is 2.26. The van der Waals surface area contributed by atoms with Gasteiger partial charge in [0.05, 0.1) is 11.8 Å². The largest absolute Gasteiger partial charge is 0.469 e. The molecule has 0 saturated carbocycles. The molecule has 0 atom stereocenters. The van der Waals surface area contributed by atoms with Crippen LogP contribution in [-0.2, 0) is 13.0 Å². The van der Waals surface area contributed by atoms with Crippen LogP contribution in [0.3, 0.4) is 0 Å². The molecule has 20 heavy (non-hydrogen) atoms. The van der Waals surface area contributed by atoms with Crippen molar-refractivity contribution in [2.24, 2.45) is 0 Å². The Morgan fingerprint density at radius 2 is 2.00 bits per heavy atom. The van der Waals surface area contributed by atoms with E-state index in [0.29, 0.717) is 0 Å². The molecule has 3 aromatic heterocycles. The van der Waals surface area contributed by atoms with Gasteiger partial charge in [0.2, 0.25) is 0 Å². The number of hydrogen-bond donors (Lipinski definition) is 0. The Kier molecular flexibility index (Phi) is 2.62. The lowest BCUT2D eigenvalue weighted by Gasteiger charge is -2.22. The first-order chi connectivity index (χ1) is 9.92. The third-order valence-corrected chi connectivity index (χ3v) is 3.70. The SMILES string of the molecule is c1cc2nccnc2c(N2CCCc3occc3C2)n1. The van der Waals surface area contributed by atoms with Crippen molar-refractivity contribution in [3.05, 3.63) is 48.3 Å². The summed E-state index contributed by atoms with van der Waals surface area (Å²) in [6, 6.07) is 3.94. The topological polar surface area (TPSA) is 55.1 Å². The van der Waals surface area contributed by atoms with E-state index >= 15 is 0 Å². The fourth-order valence-corrected chi connectivity index (χ4v) is 2.74.